The van der Waals surface area contributed by atoms with Gasteiger partial charge in [-0.25, -0.2) is 0 Å². The smallest absolute Gasteiger partial charge is 0.0328 e. The molecule has 0 radical (unpaired) electrons. The van der Waals surface area contributed by atoms with E-state index in [1.54, 1.807) is 0 Å². The Kier molecular flexibility index (Phi) is 1.30. The molecule has 0 N–H and O–H groups in total. The predicted octanol–water partition coefficient (Wildman–Crippen LogP) is 2.10. The number of hydrogen-bond donors (Lipinski definition) is 0. The maximum atomic E-state index is 3.45. The van der Waals surface area contributed by atoms with Crippen LogP contribution in [0, 0.1) is 0 Å². The normalized spacial score (nSPS) is 31.8. The summed E-state index contributed by atoms with van der Waals surface area (Å²) in [5.41, 5.74) is 0. The molecule has 1 atom stereocenters. The Labute approximate surface area is 46.4 Å². The third-order valence-electron chi connectivity index (χ3n) is 0.954. The van der Waals surface area contributed by atoms with Gasteiger partial charge in [0.15, 0.2) is 0 Å². The quantitative estimate of drug-likeness (QED) is 0.363. The first kappa shape index (κ1) is 4.38. The van der Waals surface area contributed by atoms with Crippen LogP contribution in [-0.2, 0) is 0 Å². The second-order valence-electron chi connectivity index (χ2n) is 1.52. The van der Waals surface area contributed by atoms with E-state index >= 15 is 0 Å². The summed E-state index contributed by atoms with van der Waals surface area (Å²) in [7, 11) is 0. The molecule has 1 heteroatoms. The molecule has 0 saturated carbocycles. The van der Waals surface area contributed by atoms with Crippen molar-refractivity contribution in [1.29, 1.82) is 0 Å². The zero-order valence-electron chi connectivity index (χ0n) is 3.52. The molecule has 0 amide bonds. The third kappa shape index (κ3) is 0.839. The van der Waals surface area contributed by atoms with Crippen molar-refractivity contribution in [2.75, 3.05) is 0 Å². The molecule has 1 aliphatic carbocycles. The number of alkyl halides is 1. The lowest BCUT2D eigenvalue weighted by Crippen LogP contribution is -1.80. The van der Waals surface area contributed by atoms with E-state index in [0.29, 0.717) is 4.83 Å². The van der Waals surface area contributed by atoms with Crippen molar-refractivity contribution >= 4 is 15.9 Å². The molecule has 0 spiro atoms. The van der Waals surface area contributed by atoms with E-state index < -0.39 is 0 Å². The SMILES string of the molecule is Br[C@H]1C=CCC1. The first-order valence-electron chi connectivity index (χ1n) is 2.20. The first-order chi connectivity index (χ1) is 2.89. The van der Waals surface area contributed by atoms with E-state index in [-0.39, 0.29) is 0 Å². The van der Waals surface area contributed by atoms with Crippen molar-refractivity contribution in [3.8, 4) is 0 Å². The van der Waals surface area contributed by atoms with E-state index in [1.807, 2.05) is 0 Å². The molecular formula is C5H7Br. The Morgan fingerprint density at radius 1 is 1.67 bits per heavy atom. The molecule has 0 bridgehead atoms. The summed E-state index contributed by atoms with van der Waals surface area (Å²) in [6.45, 7) is 0. The Hall–Kier alpha value is 0.220. The zero-order valence-corrected chi connectivity index (χ0v) is 5.11. The van der Waals surface area contributed by atoms with Crippen LogP contribution in [0.2, 0.25) is 0 Å². The second-order valence-corrected chi connectivity index (χ2v) is 2.70. The summed E-state index contributed by atoms with van der Waals surface area (Å²) in [5.74, 6) is 0. The lowest BCUT2D eigenvalue weighted by Gasteiger charge is -1.86. The minimum atomic E-state index is 0.678. The average Bonchev–Trinajstić information content (AvgIpc) is 1.86. The molecule has 0 aromatic carbocycles. The third-order valence-corrected chi connectivity index (χ3v) is 1.72. The van der Waals surface area contributed by atoms with Crippen LogP contribution in [0.4, 0.5) is 0 Å². The van der Waals surface area contributed by atoms with Gasteiger partial charge < -0.3 is 0 Å². The molecule has 0 aromatic heterocycles. The minimum Gasteiger partial charge on any atom is -0.0874 e. The fraction of sp³-hybridized carbons (Fsp3) is 0.600. The summed E-state index contributed by atoms with van der Waals surface area (Å²) < 4.78 is 0. The zero-order chi connectivity index (χ0) is 4.41. The summed E-state index contributed by atoms with van der Waals surface area (Å²) >= 11 is 3.45. The molecule has 1 rings (SSSR count). The van der Waals surface area contributed by atoms with Gasteiger partial charge in [0.05, 0.1) is 0 Å². The van der Waals surface area contributed by atoms with Gasteiger partial charge in [0.2, 0.25) is 0 Å². The van der Waals surface area contributed by atoms with E-state index in [1.165, 1.54) is 12.8 Å². The van der Waals surface area contributed by atoms with Crippen LogP contribution in [-0.4, -0.2) is 4.83 Å². The highest BCUT2D eigenvalue weighted by atomic mass is 79.9. The van der Waals surface area contributed by atoms with Gasteiger partial charge in [0.25, 0.3) is 0 Å². The van der Waals surface area contributed by atoms with Gasteiger partial charge in [-0.15, -0.1) is 0 Å². The maximum absolute atomic E-state index is 3.45. The Morgan fingerprint density at radius 3 is 2.67 bits per heavy atom. The highest BCUT2D eigenvalue weighted by Gasteiger charge is 2.00. The molecule has 0 aliphatic heterocycles. The number of halogens is 1. The van der Waals surface area contributed by atoms with Gasteiger partial charge >= 0.3 is 0 Å². The molecule has 0 nitrogen and oxygen atoms in total. The van der Waals surface area contributed by atoms with Gasteiger partial charge in [-0.05, 0) is 12.8 Å². The minimum absolute atomic E-state index is 0.678. The van der Waals surface area contributed by atoms with Gasteiger partial charge in [-0.3, -0.25) is 0 Å². The Balaban J connectivity index is 2.38. The number of allylic oxidation sites excluding steroid dienone is 2. The second kappa shape index (κ2) is 1.78. The standard InChI is InChI=1S/C5H7Br/c6-5-3-1-2-4-5/h1,3,5H,2,4H2/t5-/m0/s1. The van der Waals surface area contributed by atoms with Crippen LogP contribution in [0.3, 0.4) is 0 Å². The molecule has 0 unspecified atom stereocenters. The molecule has 0 saturated heterocycles. The summed E-state index contributed by atoms with van der Waals surface area (Å²) in [4.78, 5) is 0.678. The number of hydrogen-bond acceptors (Lipinski definition) is 0. The Morgan fingerprint density at radius 2 is 2.50 bits per heavy atom. The van der Waals surface area contributed by atoms with Crippen LogP contribution in [0.1, 0.15) is 12.8 Å². The lowest BCUT2D eigenvalue weighted by molar-refractivity contribution is 0.955. The average molecular weight is 147 g/mol. The molecule has 34 valence electrons. The van der Waals surface area contributed by atoms with Crippen LogP contribution < -0.4 is 0 Å². The van der Waals surface area contributed by atoms with Crippen molar-refractivity contribution in [3.63, 3.8) is 0 Å². The van der Waals surface area contributed by atoms with Crippen molar-refractivity contribution in [2.24, 2.45) is 0 Å². The molecule has 0 heterocycles. The van der Waals surface area contributed by atoms with Crippen molar-refractivity contribution < 1.29 is 0 Å². The molecule has 0 aromatic rings. The van der Waals surface area contributed by atoms with Crippen LogP contribution in [0.15, 0.2) is 12.2 Å². The monoisotopic (exact) mass is 146 g/mol. The van der Waals surface area contributed by atoms with E-state index in [2.05, 4.69) is 28.1 Å². The van der Waals surface area contributed by atoms with Crippen molar-refractivity contribution in [2.45, 2.75) is 17.7 Å². The maximum Gasteiger partial charge on any atom is 0.0328 e. The highest BCUT2D eigenvalue weighted by Crippen LogP contribution is 2.16. The van der Waals surface area contributed by atoms with Gasteiger partial charge in [0, 0.05) is 4.83 Å². The fourth-order valence-electron chi connectivity index (χ4n) is 0.596. The predicted molar refractivity (Wildman–Crippen MR) is 31.1 cm³/mol. The molecular weight excluding hydrogens is 140 g/mol. The highest BCUT2D eigenvalue weighted by molar-refractivity contribution is 9.09. The summed E-state index contributed by atoms with van der Waals surface area (Å²) in [6.07, 6.45) is 6.95. The van der Waals surface area contributed by atoms with Crippen molar-refractivity contribution in [1.82, 2.24) is 0 Å². The fourth-order valence-corrected chi connectivity index (χ4v) is 1.08. The first-order valence-corrected chi connectivity index (χ1v) is 3.12. The van der Waals surface area contributed by atoms with Crippen LogP contribution >= 0.6 is 15.9 Å². The summed E-state index contributed by atoms with van der Waals surface area (Å²) in [6, 6.07) is 0. The lowest BCUT2D eigenvalue weighted by atomic mass is 10.4. The van der Waals surface area contributed by atoms with Crippen molar-refractivity contribution in [3.05, 3.63) is 12.2 Å². The Bertz CT molecular complexity index is 66.3. The van der Waals surface area contributed by atoms with E-state index in [9.17, 15) is 0 Å². The van der Waals surface area contributed by atoms with Crippen LogP contribution in [0.5, 0.6) is 0 Å². The van der Waals surface area contributed by atoms with Gasteiger partial charge in [0.1, 0.15) is 0 Å². The van der Waals surface area contributed by atoms with Crippen LogP contribution in [0.25, 0.3) is 0 Å². The topological polar surface area (TPSA) is 0 Å². The summed E-state index contributed by atoms with van der Waals surface area (Å²) in [5, 5.41) is 0. The largest absolute Gasteiger partial charge is 0.0874 e. The molecule has 6 heavy (non-hydrogen) atoms. The van der Waals surface area contributed by atoms with Gasteiger partial charge in [-0.2, -0.15) is 0 Å². The van der Waals surface area contributed by atoms with E-state index in [4.69, 9.17) is 0 Å². The molecule has 0 fully saturated rings. The number of rotatable bonds is 0. The van der Waals surface area contributed by atoms with E-state index in [0.717, 1.165) is 0 Å². The molecule has 1 aliphatic rings. The van der Waals surface area contributed by atoms with Gasteiger partial charge in [-0.1, -0.05) is 28.1 Å².